The van der Waals surface area contributed by atoms with Crippen molar-refractivity contribution >= 4 is 40.4 Å². The van der Waals surface area contributed by atoms with E-state index in [9.17, 15) is 14.4 Å². The Morgan fingerprint density at radius 1 is 1.00 bits per heavy atom. The molecule has 0 saturated carbocycles. The zero-order chi connectivity index (χ0) is 25.1. The maximum absolute atomic E-state index is 13.3. The van der Waals surface area contributed by atoms with Crippen LogP contribution in [0, 0.1) is 0 Å². The van der Waals surface area contributed by atoms with Crippen LogP contribution in [0.4, 0.5) is 5.69 Å². The first-order valence-electron chi connectivity index (χ1n) is 11.7. The number of amides is 3. The van der Waals surface area contributed by atoms with E-state index in [-0.39, 0.29) is 17.5 Å². The molecule has 8 heteroatoms. The number of benzene rings is 3. The first-order valence-corrected chi connectivity index (χ1v) is 11.7. The first-order chi connectivity index (χ1) is 17.5. The van der Waals surface area contributed by atoms with Crippen LogP contribution < -0.4 is 16.1 Å². The number of hydrogen-bond donors (Lipinski definition) is 3. The standard InChI is InChI=1S/C28H25N5O3/c1-18-14-15-22(26(34)31-24-13-7-11-20-10-5-6-12-21(20)24)25-29-17-23(28(36)33(18)25)27(35)32-30-16-19-8-3-2-4-9-19/h2-13,16-18,29H,14-15H2,1H3,(H,31,34)(H,32,35)/b30-16+. The molecule has 0 radical (unpaired) electrons. The number of hydrazone groups is 1. The average molecular weight is 480 g/mol. The molecule has 0 fully saturated rings. The van der Waals surface area contributed by atoms with Gasteiger partial charge in [-0.1, -0.05) is 66.7 Å². The van der Waals surface area contributed by atoms with Gasteiger partial charge in [-0.3, -0.25) is 19.3 Å². The molecule has 3 N–H and O–H groups in total. The van der Waals surface area contributed by atoms with Gasteiger partial charge in [0.2, 0.25) is 0 Å². The van der Waals surface area contributed by atoms with E-state index in [1.165, 1.54) is 17.3 Å². The van der Waals surface area contributed by atoms with Gasteiger partial charge >= 0.3 is 0 Å². The summed E-state index contributed by atoms with van der Waals surface area (Å²) in [7, 11) is 0. The highest BCUT2D eigenvalue weighted by molar-refractivity contribution is 6.20. The van der Waals surface area contributed by atoms with Gasteiger partial charge in [-0.2, -0.15) is 5.10 Å². The second kappa shape index (κ2) is 9.87. The molecule has 180 valence electrons. The van der Waals surface area contributed by atoms with Crippen LogP contribution in [-0.2, 0) is 14.4 Å². The van der Waals surface area contributed by atoms with Crippen LogP contribution in [-0.4, -0.2) is 34.9 Å². The minimum absolute atomic E-state index is 0.0773. The fraction of sp³-hybridized carbons (Fsp3) is 0.143. The Kier molecular flexibility index (Phi) is 6.32. The van der Waals surface area contributed by atoms with E-state index in [2.05, 4.69) is 21.2 Å². The van der Waals surface area contributed by atoms with Gasteiger partial charge in [0.05, 0.1) is 11.8 Å². The normalized spacial score (nSPS) is 17.5. The summed E-state index contributed by atoms with van der Waals surface area (Å²) in [6.45, 7) is 1.90. The molecular formula is C28H25N5O3. The summed E-state index contributed by atoms with van der Waals surface area (Å²) < 4.78 is 0. The van der Waals surface area contributed by atoms with Crippen molar-refractivity contribution < 1.29 is 14.4 Å². The van der Waals surface area contributed by atoms with Gasteiger partial charge in [-0.05, 0) is 36.8 Å². The Labute approximate surface area is 208 Å². The summed E-state index contributed by atoms with van der Waals surface area (Å²) >= 11 is 0. The summed E-state index contributed by atoms with van der Waals surface area (Å²) in [5.74, 6) is -0.981. The Bertz CT molecular complexity index is 1440. The Balaban J connectivity index is 1.37. The highest BCUT2D eigenvalue weighted by Crippen LogP contribution is 2.31. The molecule has 2 aliphatic rings. The molecule has 0 aromatic heterocycles. The summed E-state index contributed by atoms with van der Waals surface area (Å²) in [6.07, 6.45) is 3.94. The molecule has 2 aliphatic heterocycles. The van der Waals surface area contributed by atoms with Crippen LogP contribution in [0.1, 0.15) is 25.3 Å². The van der Waals surface area contributed by atoms with Crippen LogP contribution in [0.3, 0.4) is 0 Å². The number of carbonyl (C=O) groups is 3. The molecule has 2 heterocycles. The van der Waals surface area contributed by atoms with E-state index in [0.29, 0.717) is 29.9 Å². The number of rotatable bonds is 5. The van der Waals surface area contributed by atoms with E-state index >= 15 is 0 Å². The van der Waals surface area contributed by atoms with Crippen molar-refractivity contribution in [1.82, 2.24) is 15.6 Å². The molecule has 36 heavy (non-hydrogen) atoms. The van der Waals surface area contributed by atoms with E-state index in [1.807, 2.05) is 79.7 Å². The van der Waals surface area contributed by atoms with Crippen LogP contribution in [0.25, 0.3) is 10.8 Å². The molecule has 1 atom stereocenters. The molecule has 0 spiro atoms. The Morgan fingerprint density at radius 2 is 1.75 bits per heavy atom. The lowest BCUT2D eigenvalue weighted by molar-refractivity contribution is -0.131. The van der Waals surface area contributed by atoms with Crippen molar-refractivity contribution in [1.29, 1.82) is 0 Å². The number of nitrogens with one attached hydrogen (secondary N) is 3. The van der Waals surface area contributed by atoms with Gasteiger partial charge < -0.3 is 10.6 Å². The zero-order valence-electron chi connectivity index (χ0n) is 19.7. The topological polar surface area (TPSA) is 103 Å². The Morgan fingerprint density at radius 3 is 2.58 bits per heavy atom. The summed E-state index contributed by atoms with van der Waals surface area (Å²) in [5.41, 5.74) is 4.31. The van der Waals surface area contributed by atoms with Crippen molar-refractivity contribution in [3.63, 3.8) is 0 Å². The van der Waals surface area contributed by atoms with Gasteiger partial charge in [0, 0.05) is 23.3 Å². The molecular weight excluding hydrogens is 454 g/mol. The third kappa shape index (κ3) is 4.48. The lowest BCUT2D eigenvalue weighted by Gasteiger charge is -2.39. The monoisotopic (exact) mass is 479 g/mol. The van der Waals surface area contributed by atoms with Gasteiger partial charge in [0.15, 0.2) is 0 Å². The molecule has 5 rings (SSSR count). The number of fused-ring (bicyclic) bond motifs is 2. The second-order valence-electron chi connectivity index (χ2n) is 8.68. The minimum atomic E-state index is -0.627. The molecule has 1 unspecified atom stereocenters. The maximum Gasteiger partial charge on any atom is 0.278 e. The third-order valence-corrected chi connectivity index (χ3v) is 6.32. The molecule has 0 aliphatic carbocycles. The lowest BCUT2D eigenvalue weighted by Crippen LogP contribution is -2.51. The maximum atomic E-state index is 13.3. The van der Waals surface area contributed by atoms with Crippen LogP contribution >= 0.6 is 0 Å². The fourth-order valence-corrected chi connectivity index (χ4v) is 4.44. The predicted molar refractivity (Wildman–Crippen MR) is 139 cm³/mol. The lowest BCUT2D eigenvalue weighted by atomic mass is 9.96. The zero-order valence-corrected chi connectivity index (χ0v) is 19.7. The quantitative estimate of drug-likeness (QED) is 0.295. The Hall–Kier alpha value is -4.72. The van der Waals surface area contributed by atoms with Crippen LogP contribution in [0.2, 0.25) is 0 Å². The van der Waals surface area contributed by atoms with Crippen molar-refractivity contribution in [2.45, 2.75) is 25.8 Å². The summed E-state index contributed by atoms with van der Waals surface area (Å²) in [5, 5.41) is 11.9. The van der Waals surface area contributed by atoms with Gasteiger partial charge in [-0.15, -0.1) is 0 Å². The average Bonchev–Trinajstić information content (AvgIpc) is 2.89. The fourth-order valence-electron chi connectivity index (χ4n) is 4.44. The molecule has 3 aromatic rings. The van der Waals surface area contributed by atoms with Gasteiger partial charge in [-0.25, -0.2) is 5.43 Å². The van der Waals surface area contributed by atoms with Crippen molar-refractivity contribution in [3.05, 3.63) is 102 Å². The van der Waals surface area contributed by atoms with Crippen molar-refractivity contribution in [3.8, 4) is 0 Å². The predicted octanol–water partition coefficient (Wildman–Crippen LogP) is 3.64. The van der Waals surface area contributed by atoms with E-state index < -0.39 is 11.8 Å². The highest BCUT2D eigenvalue weighted by Gasteiger charge is 2.38. The molecule has 0 bridgehead atoms. The van der Waals surface area contributed by atoms with E-state index in [1.54, 1.807) is 0 Å². The van der Waals surface area contributed by atoms with E-state index in [4.69, 9.17) is 0 Å². The SMILES string of the molecule is CC1CCC(C(=O)Nc2cccc3ccccc23)=C2NC=C(C(=O)N/N=C/c3ccccc3)C(=O)N21. The molecule has 3 aromatic carbocycles. The van der Waals surface area contributed by atoms with Crippen LogP contribution in [0.15, 0.2) is 101 Å². The molecule has 0 saturated heterocycles. The summed E-state index contributed by atoms with van der Waals surface area (Å²) in [6, 6.07) is 22.7. The third-order valence-electron chi connectivity index (χ3n) is 6.32. The van der Waals surface area contributed by atoms with Gasteiger partial charge in [0.25, 0.3) is 17.7 Å². The number of nitrogens with zero attached hydrogens (tertiary/aromatic N) is 2. The first kappa shape index (κ1) is 23.0. The van der Waals surface area contributed by atoms with E-state index in [0.717, 1.165) is 16.3 Å². The number of anilines is 1. The van der Waals surface area contributed by atoms with Crippen molar-refractivity contribution in [2.24, 2.45) is 5.10 Å². The minimum Gasteiger partial charge on any atom is -0.347 e. The van der Waals surface area contributed by atoms with Gasteiger partial charge in [0.1, 0.15) is 11.4 Å². The molecule has 3 amide bonds. The molecule has 8 nitrogen and oxygen atoms in total. The number of hydrogen-bond acceptors (Lipinski definition) is 5. The van der Waals surface area contributed by atoms with Crippen molar-refractivity contribution in [2.75, 3.05) is 5.32 Å². The summed E-state index contributed by atoms with van der Waals surface area (Å²) in [4.78, 5) is 40.8. The number of carbonyl (C=O) groups excluding carboxylic acids is 3. The largest absolute Gasteiger partial charge is 0.347 e. The van der Waals surface area contributed by atoms with Crippen LogP contribution in [0.5, 0.6) is 0 Å². The highest BCUT2D eigenvalue weighted by atomic mass is 16.2. The smallest absolute Gasteiger partial charge is 0.278 e. The second-order valence-corrected chi connectivity index (χ2v) is 8.68.